The fourth-order valence-corrected chi connectivity index (χ4v) is 3.10. The number of nitrogens with zero attached hydrogens (tertiary/aromatic N) is 1. The van der Waals surface area contributed by atoms with Crippen LogP contribution in [0.4, 0.5) is 71.5 Å². The van der Waals surface area contributed by atoms with Gasteiger partial charge in [0, 0.05) is 5.56 Å². The molecule has 0 heterocycles. The minimum absolute atomic E-state index is 1.77. The van der Waals surface area contributed by atoms with Crippen molar-refractivity contribution in [1.82, 2.24) is 0 Å². The minimum Gasteiger partial charge on any atom is -0.872 e. The van der Waals surface area contributed by atoms with Crippen molar-refractivity contribution < 1.29 is 75.8 Å². The molecule has 1 aliphatic carbocycles. The predicted molar refractivity (Wildman–Crippen MR) is 73.8 cm³/mol. The van der Waals surface area contributed by atoms with Crippen molar-refractivity contribution in [3.8, 4) is 0 Å². The monoisotopic (exact) mass is 524 g/mol. The van der Waals surface area contributed by atoms with E-state index in [0.717, 1.165) is 0 Å². The summed E-state index contributed by atoms with van der Waals surface area (Å²) in [6.07, 6.45) is -9.45. The second kappa shape index (κ2) is 7.18. The Morgan fingerprint density at radius 2 is 1.12 bits per heavy atom. The first-order valence-corrected chi connectivity index (χ1v) is 7.77. The normalized spacial score (nSPS) is 22.4. The van der Waals surface area contributed by atoms with Gasteiger partial charge in [0.05, 0.1) is 6.57 Å². The Labute approximate surface area is 175 Å². The Kier molecular flexibility index (Phi) is 5.73. The molecule has 1 fully saturated rings. The van der Waals surface area contributed by atoms with Gasteiger partial charge in [0.25, 0.3) is 11.1 Å². The minimum atomic E-state index is -7.68. The van der Waals surface area contributed by atoms with Crippen molar-refractivity contribution in [3.05, 3.63) is 46.3 Å². The number of hydrogen-bond donors (Lipinski definition) is 0. The maximum atomic E-state index is 13.9. The van der Waals surface area contributed by atoms with Crippen LogP contribution in [0.2, 0.25) is 0 Å². The second-order valence-electron chi connectivity index (χ2n) is 6.51. The van der Waals surface area contributed by atoms with Gasteiger partial charge in [-0.25, -0.2) is 22.4 Å². The van der Waals surface area contributed by atoms with Crippen LogP contribution in [0.5, 0.6) is 0 Å². The van der Waals surface area contributed by atoms with Crippen LogP contribution >= 0.6 is 0 Å². The molecule has 0 radical (unpaired) electrons. The van der Waals surface area contributed by atoms with E-state index in [1.807, 2.05) is 4.85 Å². The number of alkyl halides is 11. The topological polar surface area (TPSA) is 44.5 Å². The zero-order valence-corrected chi connectivity index (χ0v) is 15.0. The van der Waals surface area contributed by atoms with Gasteiger partial charge in [0.2, 0.25) is 0 Å². The van der Waals surface area contributed by atoms with Gasteiger partial charge < -0.3 is 5.11 Å². The van der Waals surface area contributed by atoms with Crippen molar-refractivity contribution >= 4 is 17.2 Å². The van der Waals surface area contributed by atoms with Crippen LogP contribution in [0, 0.1) is 35.3 Å². The molecule has 0 aliphatic heterocycles. The lowest BCUT2D eigenvalue weighted by atomic mass is 9.74. The number of halogens is 15. The van der Waals surface area contributed by atoms with E-state index in [1.54, 1.807) is 0 Å². The molecule has 0 unspecified atom stereocenters. The Bertz CT molecular complexity index is 1090. The van der Waals surface area contributed by atoms with E-state index in [-0.39, 0.29) is 0 Å². The molecule has 3 nitrogen and oxygen atoms in total. The van der Waals surface area contributed by atoms with Gasteiger partial charge in [-0.2, -0.15) is 48.3 Å². The van der Waals surface area contributed by atoms with Crippen LogP contribution in [0.1, 0.15) is 5.56 Å². The van der Waals surface area contributed by atoms with Crippen molar-refractivity contribution in [2.75, 3.05) is 0 Å². The van der Waals surface area contributed by atoms with Crippen LogP contribution in [-0.2, 0) is 4.79 Å². The van der Waals surface area contributed by atoms with Crippen molar-refractivity contribution in [1.29, 1.82) is 0 Å². The van der Waals surface area contributed by atoms with Crippen molar-refractivity contribution in [2.45, 2.75) is 29.9 Å². The molecule has 1 saturated carbocycles. The van der Waals surface area contributed by atoms with Gasteiger partial charge in [-0.15, -0.1) is 0 Å². The fraction of sp³-hybridized carbons (Fsp3) is 0.375. The molecule has 34 heavy (non-hydrogen) atoms. The summed E-state index contributed by atoms with van der Waals surface area (Å²) >= 11 is 0. The third-order valence-corrected chi connectivity index (χ3v) is 4.78. The number of carbonyl (C=O) groups excluding carboxylic acids is 1. The van der Waals surface area contributed by atoms with Crippen molar-refractivity contribution in [2.24, 2.45) is 5.41 Å². The molecule has 0 spiro atoms. The molecule has 0 saturated heterocycles. The van der Waals surface area contributed by atoms with Crippen LogP contribution in [0.15, 0.2) is 6.08 Å². The van der Waals surface area contributed by atoms with Gasteiger partial charge in [-0.3, -0.25) is 4.79 Å². The van der Waals surface area contributed by atoms with Gasteiger partial charge >= 0.3 is 29.9 Å². The number of ketones is 1. The van der Waals surface area contributed by atoms with Gasteiger partial charge in [0.15, 0.2) is 29.1 Å². The lowest BCUT2D eigenvalue weighted by molar-refractivity contribution is -0.341. The van der Waals surface area contributed by atoms with Crippen LogP contribution in [-0.4, -0.2) is 35.6 Å². The van der Waals surface area contributed by atoms with Crippen LogP contribution in [0.3, 0.4) is 0 Å². The lowest BCUT2D eigenvalue weighted by Gasteiger charge is -2.37. The highest BCUT2D eigenvalue weighted by atomic mass is 19.4. The smallest absolute Gasteiger partial charge is 0.414 e. The summed E-state index contributed by atoms with van der Waals surface area (Å²) in [6.45, 7) is 6.31. The van der Waals surface area contributed by atoms with Crippen molar-refractivity contribution in [3.63, 3.8) is 0 Å². The molecule has 0 amide bonds. The molecular formula is C16HF15NO2-. The highest BCUT2D eigenvalue weighted by Gasteiger charge is 3.06. The first-order valence-electron chi connectivity index (χ1n) is 7.77. The molecule has 188 valence electrons. The molecule has 0 N–H and O–H groups in total. The summed E-state index contributed by atoms with van der Waals surface area (Å²) in [7, 11) is 0. The summed E-state index contributed by atoms with van der Waals surface area (Å²) in [5.41, 5.74) is -12.2. The predicted octanol–water partition coefficient (Wildman–Crippen LogP) is 5.17. The SMILES string of the molecule is [C-]#[N+]c1c(F)c(F)c(/C([O-])=C/C(=O)C2(C(F)(F)F)C(F)(F)C(F)(F)C(F)(F)C2(F)F)c(F)c1F. The quantitative estimate of drug-likeness (QED) is 0.180. The first kappa shape index (κ1) is 27.1. The molecule has 0 aromatic heterocycles. The molecule has 18 heteroatoms. The zero-order valence-electron chi connectivity index (χ0n) is 15.0. The van der Waals surface area contributed by atoms with E-state index in [1.165, 1.54) is 0 Å². The van der Waals surface area contributed by atoms with E-state index in [2.05, 4.69) is 0 Å². The molecule has 0 bridgehead atoms. The highest BCUT2D eigenvalue weighted by Crippen LogP contribution is 2.75. The third-order valence-electron chi connectivity index (χ3n) is 4.78. The molecule has 2 rings (SSSR count). The zero-order chi connectivity index (χ0) is 27.0. The standard InChI is InChI=1S/C16H2F15NO2/c1-32-10-8(19)6(17)5(7(18)9(10)20)3(33)2-4(34)11(16(29,30)31)12(21,22)14(25,26)15(27,28)13(11,23)24/h2,33H/p-1/b3-2-. The molecular weight excluding hydrogens is 523 g/mol. The van der Waals surface area contributed by atoms with Gasteiger partial charge in [-0.1, -0.05) is 5.76 Å². The third kappa shape index (κ3) is 2.72. The van der Waals surface area contributed by atoms with Gasteiger partial charge in [-0.05, 0) is 6.08 Å². The Morgan fingerprint density at radius 3 is 1.41 bits per heavy atom. The van der Waals surface area contributed by atoms with E-state index in [4.69, 9.17) is 6.57 Å². The Hall–Kier alpha value is -3.13. The summed E-state index contributed by atoms with van der Waals surface area (Å²) in [4.78, 5) is 13.8. The largest absolute Gasteiger partial charge is 0.872 e. The average Bonchev–Trinajstić information content (AvgIpc) is 2.71. The summed E-state index contributed by atoms with van der Waals surface area (Å²) in [5.74, 6) is -49.2. The number of hydrogen-bond acceptors (Lipinski definition) is 2. The van der Waals surface area contributed by atoms with E-state index >= 15 is 0 Å². The molecule has 1 aromatic rings. The second-order valence-corrected chi connectivity index (χ2v) is 6.51. The number of allylic oxidation sites excluding steroid dienone is 1. The summed E-state index contributed by atoms with van der Waals surface area (Å²) < 4.78 is 204. The number of benzene rings is 1. The maximum absolute atomic E-state index is 13.9. The molecule has 0 atom stereocenters. The average molecular weight is 524 g/mol. The van der Waals surface area contributed by atoms with E-state index < -0.39 is 87.4 Å². The Balaban J connectivity index is 2.95. The first-order chi connectivity index (χ1) is 15.0. The lowest BCUT2D eigenvalue weighted by Crippen LogP contribution is -2.64. The van der Waals surface area contributed by atoms with E-state index in [0.29, 0.717) is 0 Å². The van der Waals surface area contributed by atoms with Crippen LogP contribution in [0.25, 0.3) is 10.6 Å². The maximum Gasteiger partial charge on any atom is 0.414 e. The summed E-state index contributed by atoms with van der Waals surface area (Å²) in [5, 5.41) is 11.8. The fourth-order valence-electron chi connectivity index (χ4n) is 3.10. The molecule has 1 aromatic carbocycles. The highest BCUT2D eigenvalue weighted by molar-refractivity contribution is 6.02. The Morgan fingerprint density at radius 1 is 0.765 bits per heavy atom. The summed E-state index contributed by atoms with van der Waals surface area (Å²) in [6, 6.07) is 0. The molecule has 1 aliphatic rings. The van der Waals surface area contributed by atoms with E-state index in [9.17, 15) is 75.8 Å². The number of carbonyl (C=O) groups is 1. The van der Waals surface area contributed by atoms with Gasteiger partial charge in [0.1, 0.15) is 0 Å². The number of rotatable bonds is 3. The van der Waals surface area contributed by atoms with Crippen LogP contribution < -0.4 is 5.11 Å².